The van der Waals surface area contributed by atoms with E-state index in [2.05, 4.69) is 12.2 Å². The Kier molecular flexibility index (Phi) is 7.63. The Bertz CT molecular complexity index is 1070. The number of carbonyl (C=O) groups excluding carboxylic acids is 1. The summed E-state index contributed by atoms with van der Waals surface area (Å²) in [5.74, 6) is -0.433. The zero-order chi connectivity index (χ0) is 21.5. The fourth-order valence-corrected chi connectivity index (χ4v) is 4.31. The van der Waals surface area contributed by atoms with Crippen LogP contribution in [-0.4, -0.2) is 27.3 Å². The molecule has 1 unspecified atom stereocenters. The smallest absolute Gasteiger partial charge is 0.266 e. The lowest BCUT2D eigenvalue weighted by Gasteiger charge is -2.19. The highest BCUT2D eigenvalue weighted by molar-refractivity contribution is 8.00. The van der Waals surface area contributed by atoms with Crippen molar-refractivity contribution >= 4 is 28.6 Å². The van der Waals surface area contributed by atoms with Crippen LogP contribution in [0.5, 0.6) is 0 Å². The molecule has 30 heavy (non-hydrogen) atoms. The van der Waals surface area contributed by atoms with Gasteiger partial charge in [0.05, 0.1) is 21.8 Å². The molecule has 5 nitrogen and oxygen atoms in total. The van der Waals surface area contributed by atoms with Gasteiger partial charge in [-0.15, -0.1) is 0 Å². The molecule has 1 heterocycles. The van der Waals surface area contributed by atoms with Crippen LogP contribution in [0.1, 0.15) is 39.5 Å². The molecule has 0 aliphatic rings. The number of nitrogens with zero attached hydrogens (tertiary/aromatic N) is 2. The molecule has 3 rings (SSSR count). The van der Waals surface area contributed by atoms with Gasteiger partial charge in [-0.1, -0.05) is 50.6 Å². The second-order valence-corrected chi connectivity index (χ2v) is 8.24. The van der Waals surface area contributed by atoms with Crippen molar-refractivity contribution in [2.24, 2.45) is 0 Å². The van der Waals surface area contributed by atoms with E-state index in [1.165, 1.54) is 28.5 Å². The summed E-state index contributed by atoms with van der Waals surface area (Å²) < 4.78 is 14.9. The number of benzene rings is 2. The lowest BCUT2D eigenvalue weighted by atomic mass is 10.2. The Morgan fingerprint density at radius 2 is 1.87 bits per heavy atom. The Morgan fingerprint density at radius 1 is 1.13 bits per heavy atom. The van der Waals surface area contributed by atoms with Crippen LogP contribution in [0.25, 0.3) is 16.6 Å². The minimum atomic E-state index is -0.380. The average Bonchev–Trinajstić information content (AvgIpc) is 2.76. The number of hydrogen-bond acceptors (Lipinski definition) is 4. The van der Waals surface area contributed by atoms with Gasteiger partial charge in [0.25, 0.3) is 5.56 Å². The fourth-order valence-electron chi connectivity index (χ4n) is 3.13. The molecule has 1 N–H and O–H groups in total. The van der Waals surface area contributed by atoms with E-state index in [4.69, 9.17) is 4.98 Å². The highest BCUT2D eigenvalue weighted by Gasteiger charge is 2.23. The normalized spacial score (nSPS) is 12.1. The summed E-state index contributed by atoms with van der Waals surface area (Å²) in [6.07, 6.45) is 3.40. The molecule has 158 valence electrons. The molecule has 0 aliphatic carbocycles. The molecular weight excluding hydrogens is 401 g/mol. The van der Waals surface area contributed by atoms with E-state index < -0.39 is 0 Å². The van der Waals surface area contributed by atoms with Gasteiger partial charge in [0, 0.05) is 6.54 Å². The highest BCUT2D eigenvalue weighted by atomic mass is 32.2. The number of nitrogens with one attached hydrogen (secondary N) is 1. The van der Waals surface area contributed by atoms with E-state index in [9.17, 15) is 14.0 Å². The maximum atomic E-state index is 13.5. The van der Waals surface area contributed by atoms with Crippen LogP contribution < -0.4 is 10.9 Å². The van der Waals surface area contributed by atoms with Gasteiger partial charge in [0.15, 0.2) is 5.16 Å². The monoisotopic (exact) mass is 427 g/mol. The molecule has 1 atom stereocenters. The van der Waals surface area contributed by atoms with Gasteiger partial charge in [-0.05, 0) is 49.2 Å². The third-order valence-corrected chi connectivity index (χ3v) is 5.96. The summed E-state index contributed by atoms with van der Waals surface area (Å²) in [7, 11) is 0. The first-order valence-corrected chi connectivity index (χ1v) is 11.1. The Hall–Kier alpha value is -2.67. The van der Waals surface area contributed by atoms with E-state index in [1.54, 1.807) is 30.3 Å². The van der Waals surface area contributed by atoms with Gasteiger partial charge in [-0.25, -0.2) is 9.37 Å². The number of aromatic nitrogens is 2. The van der Waals surface area contributed by atoms with Crippen molar-refractivity contribution in [3.05, 3.63) is 64.7 Å². The Morgan fingerprint density at radius 3 is 2.57 bits per heavy atom. The number of carbonyl (C=O) groups is 1. The molecule has 3 aromatic rings. The zero-order valence-electron chi connectivity index (χ0n) is 17.2. The molecule has 0 spiro atoms. The van der Waals surface area contributed by atoms with Crippen molar-refractivity contribution in [3.63, 3.8) is 0 Å². The van der Waals surface area contributed by atoms with Crippen LogP contribution >= 0.6 is 11.8 Å². The van der Waals surface area contributed by atoms with Crippen molar-refractivity contribution in [1.82, 2.24) is 14.9 Å². The first-order chi connectivity index (χ1) is 14.5. The lowest BCUT2D eigenvalue weighted by molar-refractivity contribution is -0.120. The van der Waals surface area contributed by atoms with Crippen LogP contribution in [0.4, 0.5) is 4.39 Å². The summed E-state index contributed by atoms with van der Waals surface area (Å²) in [5, 5.41) is 3.50. The molecule has 0 saturated heterocycles. The van der Waals surface area contributed by atoms with E-state index in [-0.39, 0.29) is 22.5 Å². The molecule has 2 aromatic carbocycles. The quantitative estimate of drug-likeness (QED) is 0.397. The number of hydrogen-bond donors (Lipinski definition) is 1. The maximum absolute atomic E-state index is 13.5. The van der Waals surface area contributed by atoms with Crippen molar-refractivity contribution in [2.75, 3.05) is 6.54 Å². The predicted molar refractivity (Wildman–Crippen MR) is 120 cm³/mol. The summed E-state index contributed by atoms with van der Waals surface area (Å²) in [5.41, 5.74) is 0.856. The first-order valence-electron chi connectivity index (χ1n) is 10.3. The molecular formula is C23H26FN3O2S. The molecule has 1 amide bonds. The summed E-state index contributed by atoms with van der Waals surface area (Å²) >= 11 is 1.29. The lowest BCUT2D eigenvalue weighted by Crippen LogP contribution is -2.34. The van der Waals surface area contributed by atoms with Gasteiger partial charge >= 0.3 is 0 Å². The van der Waals surface area contributed by atoms with E-state index in [1.807, 2.05) is 13.0 Å². The number of halogens is 1. The minimum Gasteiger partial charge on any atom is -0.355 e. The van der Waals surface area contributed by atoms with E-state index in [0.717, 1.165) is 19.3 Å². The predicted octanol–water partition coefficient (Wildman–Crippen LogP) is 4.70. The van der Waals surface area contributed by atoms with Crippen molar-refractivity contribution in [3.8, 4) is 5.69 Å². The SMILES string of the molecule is CCCCC(Sc1nc2ccccc2c(=O)n1-c1ccc(F)cc1)C(=O)NCCC. The van der Waals surface area contributed by atoms with Gasteiger partial charge in [-0.2, -0.15) is 0 Å². The number of amides is 1. The molecule has 1 aromatic heterocycles. The number of thioether (sulfide) groups is 1. The van der Waals surface area contributed by atoms with Crippen LogP contribution in [0.2, 0.25) is 0 Å². The third kappa shape index (κ3) is 5.08. The molecule has 0 aliphatic heterocycles. The molecule has 0 radical (unpaired) electrons. The van der Waals surface area contributed by atoms with Gasteiger partial charge in [-0.3, -0.25) is 14.2 Å². The molecule has 0 bridgehead atoms. The van der Waals surface area contributed by atoms with Crippen LogP contribution in [0, 0.1) is 5.82 Å². The zero-order valence-corrected chi connectivity index (χ0v) is 18.0. The van der Waals surface area contributed by atoms with Gasteiger partial charge in [0.1, 0.15) is 5.82 Å². The maximum Gasteiger partial charge on any atom is 0.266 e. The summed E-state index contributed by atoms with van der Waals surface area (Å²) in [6, 6.07) is 12.9. The average molecular weight is 428 g/mol. The van der Waals surface area contributed by atoms with Gasteiger partial charge < -0.3 is 5.32 Å². The van der Waals surface area contributed by atoms with E-state index in [0.29, 0.717) is 34.7 Å². The van der Waals surface area contributed by atoms with Crippen molar-refractivity contribution < 1.29 is 9.18 Å². The van der Waals surface area contributed by atoms with Crippen molar-refractivity contribution in [1.29, 1.82) is 0 Å². The van der Waals surface area contributed by atoms with Crippen molar-refractivity contribution in [2.45, 2.75) is 49.9 Å². The minimum absolute atomic E-state index is 0.0524. The van der Waals surface area contributed by atoms with Crippen LogP contribution in [0.15, 0.2) is 58.5 Å². The number of fused-ring (bicyclic) bond motifs is 1. The molecule has 0 saturated carbocycles. The topological polar surface area (TPSA) is 64.0 Å². The van der Waals surface area contributed by atoms with Gasteiger partial charge in [0.2, 0.25) is 5.91 Å². The Labute approximate surface area is 179 Å². The Balaban J connectivity index is 2.09. The fraction of sp³-hybridized carbons (Fsp3) is 0.348. The summed E-state index contributed by atoms with van der Waals surface area (Å²) in [6.45, 7) is 4.69. The first kappa shape index (κ1) is 22.0. The molecule has 7 heteroatoms. The largest absolute Gasteiger partial charge is 0.355 e. The standard InChI is InChI=1S/C23H26FN3O2S/c1-3-5-10-20(21(28)25-15-4-2)30-23-26-19-9-7-6-8-18(19)22(29)27(23)17-13-11-16(24)12-14-17/h6-9,11-14,20H,3-5,10,15H2,1-2H3,(H,25,28). The number of rotatable bonds is 9. The second kappa shape index (κ2) is 10.4. The third-order valence-electron chi connectivity index (χ3n) is 4.74. The number of unbranched alkanes of at least 4 members (excludes halogenated alkanes) is 1. The summed E-state index contributed by atoms with van der Waals surface area (Å²) in [4.78, 5) is 30.7. The van der Waals surface area contributed by atoms with E-state index >= 15 is 0 Å². The second-order valence-electron chi connectivity index (χ2n) is 7.07. The van der Waals surface area contributed by atoms with Crippen LogP contribution in [-0.2, 0) is 4.79 Å². The molecule has 0 fully saturated rings. The number of para-hydroxylation sites is 1. The van der Waals surface area contributed by atoms with Crippen LogP contribution in [0.3, 0.4) is 0 Å². The highest BCUT2D eigenvalue weighted by Crippen LogP contribution is 2.28.